The van der Waals surface area contributed by atoms with E-state index in [0.717, 1.165) is 19.1 Å². The second-order valence-electron chi connectivity index (χ2n) is 4.79. The van der Waals surface area contributed by atoms with Gasteiger partial charge < -0.3 is 15.0 Å². The summed E-state index contributed by atoms with van der Waals surface area (Å²) in [6, 6.07) is 0.736. The van der Waals surface area contributed by atoms with E-state index >= 15 is 0 Å². The summed E-state index contributed by atoms with van der Waals surface area (Å²) in [6.45, 7) is 8.03. The van der Waals surface area contributed by atoms with Crippen LogP contribution < -0.4 is 5.32 Å². The number of nitrogens with one attached hydrogen (secondary N) is 1. The van der Waals surface area contributed by atoms with Crippen molar-refractivity contribution in [3.05, 3.63) is 0 Å². The fourth-order valence-electron chi connectivity index (χ4n) is 2.33. The topological polar surface area (TPSA) is 24.5 Å². The minimum atomic E-state index is 0.736. The summed E-state index contributed by atoms with van der Waals surface area (Å²) in [5, 5.41) is 3.58. The highest BCUT2D eigenvalue weighted by Gasteiger charge is 2.17. The van der Waals surface area contributed by atoms with Gasteiger partial charge in [0.25, 0.3) is 0 Å². The molecule has 1 atom stereocenters. The monoisotopic (exact) mass is 228 g/mol. The van der Waals surface area contributed by atoms with Crippen LogP contribution in [0.25, 0.3) is 0 Å². The molecular formula is C13H28N2O. The van der Waals surface area contributed by atoms with Crippen molar-refractivity contribution in [1.29, 1.82) is 0 Å². The van der Waals surface area contributed by atoms with Gasteiger partial charge in [-0.1, -0.05) is 13.3 Å². The molecule has 0 spiro atoms. The lowest BCUT2D eigenvalue weighted by Crippen LogP contribution is -2.38. The first-order chi connectivity index (χ1) is 7.86. The molecule has 1 aliphatic rings. The Morgan fingerprint density at radius 3 is 2.75 bits per heavy atom. The van der Waals surface area contributed by atoms with E-state index in [4.69, 9.17) is 4.74 Å². The Labute approximate surface area is 101 Å². The molecule has 0 amide bonds. The molecule has 96 valence electrons. The molecule has 0 radical (unpaired) electrons. The normalized spacial score (nSPS) is 20.8. The Bertz CT molecular complexity index is 158. The molecule has 1 N–H and O–H groups in total. The number of methoxy groups -OCH3 is 1. The molecule has 0 aromatic heterocycles. The average Bonchev–Trinajstić information content (AvgIpc) is 2.78. The molecule has 0 aromatic rings. The van der Waals surface area contributed by atoms with Gasteiger partial charge in [-0.15, -0.1) is 0 Å². The van der Waals surface area contributed by atoms with Crippen molar-refractivity contribution >= 4 is 0 Å². The predicted molar refractivity (Wildman–Crippen MR) is 68.9 cm³/mol. The maximum Gasteiger partial charge on any atom is 0.0474 e. The summed E-state index contributed by atoms with van der Waals surface area (Å²) < 4.78 is 5.12. The Morgan fingerprint density at radius 1 is 1.31 bits per heavy atom. The van der Waals surface area contributed by atoms with E-state index in [-0.39, 0.29) is 0 Å². The summed E-state index contributed by atoms with van der Waals surface area (Å²) in [5.41, 5.74) is 0. The van der Waals surface area contributed by atoms with Gasteiger partial charge in [0.2, 0.25) is 0 Å². The van der Waals surface area contributed by atoms with E-state index in [0.29, 0.717) is 0 Å². The smallest absolute Gasteiger partial charge is 0.0474 e. The number of nitrogens with zero attached hydrogens (tertiary/aromatic N) is 1. The van der Waals surface area contributed by atoms with Crippen molar-refractivity contribution in [2.75, 3.05) is 39.9 Å². The zero-order valence-electron chi connectivity index (χ0n) is 11.0. The summed E-state index contributed by atoms with van der Waals surface area (Å²) in [6.07, 6.45) is 6.47. The van der Waals surface area contributed by atoms with Crippen molar-refractivity contribution in [1.82, 2.24) is 10.2 Å². The molecule has 1 rings (SSSR count). The Balaban J connectivity index is 2.18. The first-order valence-corrected chi connectivity index (χ1v) is 6.81. The molecule has 0 aliphatic carbocycles. The minimum absolute atomic E-state index is 0.736. The van der Waals surface area contributed by atoms with Gasteiger partial charge in [0.15, 0.2) is 0 Å². The highest BCUT2D eigenvalue weighted by molar-refractivity contribution is 4.77. The SMILES string of the molecule is CCCCN(CCCOC)CC1CCCN1. The third-order valence-corrected chi connectivity index (χ3v) is 3.29. The highest BCUT2D eigenvalue weighted by atomic mass is 16.5. The Hall–Kier alpha value is -0.120. The van der Waals surface area contributed by atoms with Crippen molar-refractivity contribution in [3.8, 4) is 0 Å². The number of hydrogen-bond donors (Lipinski definition) is 1. The predicted octanol–water partition coefficient (Wildman–Crippen LogP) is 1.88. The van der Waals surface area contributed by atoms with Crippen LogP contribution in [0.5, 0.6) is 0 Å². The standard InChI is InChI=1S/C13H28N2O/c1-3-4-9-15(10-6-11-16-2)12-13-7-5-8-14-13/h13-14H,3-12H2,1-2H3. The molecule has 1 aliphatic heterocycles. The Kier molecular flexibility index (Phi) is 7.81. The van der Waals surface area contributed by atoms with Crippen molar-refractivity contribution in [3.63, 3.8) is 0 Å². The molecule has 1 heterocycles. The fraction of sp³-hybridized carbons (Fsp3) is 1.00. The summed E-state index contributed by atoms with van der Waals surface area (Å²) >= 11 is 0. The van der Waals surface area contributed by atoms with Crippen molar-refractivity contribution in [2.45, 2.75) is 45.1 Å². The molecule has 1 fully saturated rings. The van der Waals surface area contributed by atoms with Crippen LogP contribution in [0.15, 0.2) is 0 Å². The Morgan fingerprint density at radius 2 is 2.12 bits per heavy atom. The molecule has 0 bridgehead atoms. The fourth-order valence-corrected chi connectivity index (χ4v) is 2.33. The molecule has 3 nitrogen and oxygen atoms in total. The molecule has 3 heteroatoms. The maximum absolute atomic E-state index is 5.12. The van der Waals surface area contributed by atoms with Gasteiger partial charge in [0.1, 0.15) is 0 Å². The third kappa shape index (κ3) is 5.83. The lowest BCUT2D eigenvalue weighted by atomic mass is 10.2. The van der Waals surface area contributed by atoms with Gasteiger partial charge in [0.05, 0.1) is 0 Å². The van der Waals surface area contributed by atoms with E-state index in [1.54, 1.807) is 7.11 Å². The van der Waals surface area contributed by atoms with Gasteiger partial charge >= 0.3 is 0 Å². The second kappa shape index (κ2) is 8.97. The first-order valence-electron chi connectivity index (χ1n) is 6.81. The minimum Gasteiger partial charge on any atom is -0.385 e. The lowest BCUT2D eigenvalue weighted by Gasteiger charge is -2.25. The van der Waals surface area contributed by atoms with Crippen LogP contribution in [-0.2, 0) is 4.74 Å². The molecule has 1 unspecified atom stereocenters. The van der Waals surface area contributed by atoms with Crippen LogP contribution in [0.4, 0.5) is 0 Å². The van der Waals surface area contributed by atoms with Crippen LogP contribution in [0.3, 0.4) is 0 Å². The van der Waals surface area contributed by atoms with E-state index in [1.807, 2.05) is 0 Å². The highest BCUT2D eigenvalue weighted by Crippen LogP contribution is 2.08. The molecule has 1 saturated heterocycles. The van der Waals surface area contributed by atoms with Gasteiger partial charge in [-0.25, -0.2) is 0 Å². The van der Waals surface area contributed by atoms with Crippen LogP contribution >= 0.6 is 0 Å². The molecular weight excluding hydrogens is 200 g/mol. The van der Waals surface area contributed by atoms with Crippen LogP contribution in [0.2, 0.25) is 0 Å². The van der Waals surface area contributed by atoms with Gasteiger partial charge in [-0.05, 0) is 38.8 Å². The summed E-state index contributed by atoms with van der Waals surface area (Å²) in [7, 11) is 1.79. The van der Waals surface area contributed by atoms with Crippen molar-refractivity contribution < 1.29 is 4.74 Å². The maximum atomic E-state index is 5.12. The van der Waals surface area contributed by atoms with Gasteiger partial charge in [0, 0.05) is 32.8 Å². The quantitative estimate of drug-likeness (QED) is 0.610. The average molecular weight is 228 g/mol. The molecule has 0 saturated carbocycles. The summed E-state index contributed by atoms with van der Waals surface area (Å²) in [4.78, 5) is 2.60. The van der Waals surface area contributed by atoms with E-state index in [9.17, 15) is 0 Å². The second-order valence-corrected chi connectivity index (χ2v) is 4.79. The van der Waals surface area contributed by atoms with E-state index < -0.39 is 0 Å². The van der Waals surface area contributed by atoms with Gasteiger partial charge in [-0.3, -0.25) is 0 Å². The number of ether oxygens (including phenoxy) is 1. The largest absolute Gasteiger partial charge is 0.385 e. The van der Waals surface area contributed by atoms with E-state index in [2.05, 4.69) is 17.1 Å². The number of unbranched alkanes of at least 4 members (excludes halogenated alkanes) is 1. The zero-order valence-corrected chi connectivity index (χ0v) is 11.0. The number of hydrogen-bond acceptors (Lipinski definition) is 3. The van der Waals surface area contributed by atoms with Crippen molar-refractivity contribution in [2.24, 2.45) is 0 Å². The van der Waals surface area contributed by atoms with Crippen LogP contribution in [0, 0.1) is 0 Å². The first kappa shape index (κ1) is 13.9. The molecule has 0 aromatic carbocycles. The van der Waals surface area contributed by atoms with Crippen LogP contribution in [-0.4, -0.2) is 50.8 Å². The van der Waals surface area contributed by atoms with Gasteiger partial charge in [-0.2, -0.15) is 0 Å². The van der Waals surface area contributed by atoms with Crippen LogP contribution in [0.1, 0.15) is 39.0 Å². The number of rotatable bonds is 9. The van der Waals surface area contributed by atoms with E-state index in [1.165, 1.54) is 51.9 Å². The summed E-state index contributed by atoms with van der Waals surface area (Å²) in [5.74, 6) is 0. The third-order valence-electron chi connectivity index (χ3n) is 3.29. The lowest BCUT2D eigenvalue weighted by molar-refractivity contribution is 0.166. The zero-order chi connectivity index (χ0) is 11.6. The molecule has 16 heavy (non-hydrogen) atoms.